The summed E-state index contributed by atoms with van der Waals surface area (Å²) in [5, 5.41) is 3.39. The number of carbonyl (C=O) groups is 2. The summed E-state index contributed by atoms with van der Waals surface area (Å²) < 4.78 is 26.8. The van der Waals surface area contributed by atoms with Gasteiger partial charge in [-0.05, 0) is 60.5 Å². The Morgan fingerprint density at radius 1 is 0.969 bits per heavy atom. The first-order chi connectivity index (χ1) is 15.4. The smallest absolute Gasteiger partial charge is 0.320 e. The second kappa shape index (κ2) is 9.36. The lowest BCUT2D eigenvalue weighted by Crippen LogP contribution is -2.49. The van der Waals surface area contributed by atoms with E-state index in [0.29, 0.717) is 47.0 Å². The third kappa shape index (κ3) is 4.73. The Morgan fingerprint density at radius 2 is 1.72 bits per heavy atom. The van der Waals surface area contributed by atoms with E-state index in [1.807, 2.05) is 0 Å². The predicted octanol–water partition coefficient (Wildman–Crippen LogP) is 5.70. The van der Waals surface area contributed by atoms with Gasteiger partial charge in [0.05, 0.1) is 11.4 Å². The number of amides is 3. The molecule has 0 saturated carbocycles. The molecule has 0 bridgehead atoms. The number of para-hydroxylation sites is 2. The van der Waals surface area contributed by atoms with Crippen molar-refractivity contribution in [3.63, 3.8) is 0 Å². The van der Waals surface area contributed by atoms with Crippen LogP contribution >= 0.6 is 11.6 Å². The molecule has 1 N–H and O–H groups in total. The molecule has 0 radical (unpaired) electrons. The van der Waals surface area contributed by atoms with Gasteiger partial charge in [0.1, 0.15) is 0 Å². The topological polar surface area (TPSA) is 52.7 Å². The van der Waals surface area contributed by atoms with Crippen molar-refractivity contribution in [2.45, 2.75) is 13.0 Å². The van der Waals surface area contributed by atoms with E-state index in [9.17, 15) is 18.4 Å². The number of hydrogen-bond donors (Lipinski definition) is 1. The second-order valence-electron chi connectivity index (χ2n) is 7.44. The fourth-order valence-corrected chi connectivity index (χ4v) is 3.75. The second-order valence-corrected chi connectivity index (χ2v) is 7.87. The van der Waals surface area contributed by atoms with E-state index in [1.165, 1.54) is 6.07 Å². The molecule has 1 aliphatic rings. The molecule has 5 nitrogen and oxygen atoms in total. The number of urea groups is 1. The summed E-state index contributed by atoms with van der Waals surface area (Å²) >= 11 is 5.89. The molecule has 4 rings (SSSR count). The molecule has 1 aliphatic heterocycles. The van der Waals surface area contributed by atoms with Gasteiger partial charge in [-0.3, -0.25) is 9.69 Å². The van der Waals surface area contributed by atoms with Gasteiger partial charge in [0.2, 0.25) is 0 Å². The number of halogens is 3. The van der Waals surface area contributed by atoms with Crippen molar-refractivity contribution in [3.8, 4) is 0 Å². The van der Waals surface area contributed by atoms with Gasteiger partial charge < -0.3 is 10.2 Å². The third-order valence-corrected chi connectivity index (χ3v) is 5.47. The Kier molecular flexibility index (Phi) is 6.37. The first-order valence-electron chi connectivity index (χ1n) is 10.1. The summed E-state index contributed by atoms with van der Waals surface area (Å²) in [7, 11) is 0. The van der Waals surface area contributed by atoms with Gasteiger partial charge in [-0.15, -0.1) is 0 Å². The zero-order valence-electron chi connectivity index (χ0n) is 17.0. The summed E-state index contributed by atoms with van der Waals surface area (Å²) in [6.07, 6.45) is 0.689. The van der Waals surface area contributed by atoms with Gasteiger partial charge in [0.25, 0.3) is 5.91 Å². The Bertz CT molecular complexity index is 1150. The number of anilines is 2. The first kappa shape index (κ1) is 21.8. The lowest BCUT2D eigenvalue weighted by Gasteiger charge is -2.36. The van der Waals surface area contributed by atoms with Crippen LogP contribution in [0.15, 0.2) is 66.7 Å². The molecule has 8 heteroatoms. The molecule has 164 valence electrons. The summed E-state index contributed by atoms with van der Waals surface area (Å²) in [6, 6.07) is 16.9. The first-order valence-corrected chi connectivity index (χ1v) is 10.5. The Labute approximate surface area is 189 Å². The highest BCUT2D eigenvalue weighted by molar-refractivity contribution is 6.30. The van der Waals surface area contributed by atoms with Crippen LogP contribution in [0.3, 0.4) is 0 Å². The number of nitrogens with one attached hydrogen (secondary N) is 1. The number of benzene rings is 3. The number of nitrogens with zero attached hydrogens (tertiary/aromatic N) is 2. The standard InChI is InChI=1S/C24H20ClF2N3O2/c25-18-9-7-17(8-10-18)23(31)28-21-4-1-2-5-22(21)30-13-3-12-29(24(30)32)15-16-6-11-19(26)20(27)14-16/h1-2,4-11,14H,3,12-13,15H2,(H,28,31). The van der Waals surface area contributed by atoms with Crippen LogP contribution in [0.5, 0.6) is 0 Å². The third-order valence-electron chi connectivity index (χ3n) is 5.22. The number of hydrogen-bond acceptors (Lipinski definition) is 2. The van der Waals surface area contributed by atoms with Crippen molar-refractivity contribution in [1.29, 1.82) is 0 Å². The van der Waals surface area contributed by atoms with Crippen molar-refractivity contribution in [2.75, 3.05) is 23.3 Å². The van der Waals surface area contributed by atoms with Gasteiger partial charge in [-0.1, -0.05) is 29.8 Å². The van der Waals surface area contributed by atoms with Crippen LogP contribution in [0.2, 0.25) is 5.02 Å². The van der Waals surface area contributed by atoms with E-state index in [4.69, 9.17) is 11.6 Å². The minimum absolute atomic E-state index is 0.159. The Morgan fingerprint density at radius 3 is 2.47 bits per heavy atom. The van der Waals surface area contributed by atoms with Crippen LogP contribution in [0.25, 0.3) is 0 Å². The molecule has 0 spiro atoms. The van der Waals surface area contributed by atoms with Crippen molar-refractivity contribution in [2.24, 2.45) is 0 Å². The van der Waals surface area contributed by atoms with Crippen LogP contribution in [0, 0.1) is 11.6 Å². The molecule has 3 aromatic rings. The molecule has 0 aromatic heterocycles. The lowest BCUT2D eigenvalue weighted by atomic mass is 10.1. The largest absolute Gasteiger partial charge is 0.324 e. The fourth-order valence-electron chi connectivity index (χ4n) is 3.62. The van der Waals surface area contributed by atoms with Crippen LogP contribution in [0.1, 0.15) is 22.3 Å². The van der Waals surface area contributed by atoms with Crippen LogP contribution < -0.4 is 10.2 Å². The highest BCUT2D eigenvalue weighted by Crippen LogP contribution is 2.29. The molecule has 3 amide bonds. The Balaban J connectivity index is 1.54. The van der Waals surface area contributed by atoms with Gasteiger partial charge in [0.15, 0.2) is 11.6 Å². The maximum Gasteiger partial charge on any atom is 0.324 e. The summed E-state index contributed by atoms with van der Waals surface area (Å²) in [4.78, 5) is 29.0. The molecule has 3 aromatic carbocycles. The molecular weight excluding hydrogens is 436 g/mol. The average molecular weight is 456 g/mol. The molecule has 1 saturated heterocycles. The van der Waals surface area contributed by atoms with E-state index < -0.39 is 11.6 Å². The van der Waals surface area contributed by atoms with Crippen molar-refractivity contribution >= 4 is 34.9 Å². The monoisotopic (exact) mass is 455 g/mol. The van der Waals surface area contributed by atoms with Crippen molar-refractivity contribution in [1.82, 2.24) is 4.90 Å². The predicted molar refractivity (Wildman–Crippen MR) is 120 cm³/mol. The summed E-state index contributed by atoms with van der Waals surface area (Å²) in [6.45, 7) is 1.13. The molecular formula is C24H20ClF2N3O2. The van der Waals surface area contributed by atoms with Gasteiger partial charge >= 0.3 is 6.03 Å². The normalized spacial score (nSPS) is 13.9. The molecule has 1 heterocycles. The molecule has 1 fully saturated rings. The fraction of sp³-hybridized carbons (Fsp3) is 0.167. The zero-order chi connectivity index (χ0) is 22.7. The van der Waals surface area contributed by atoms with E-state index >= 15 is 0 Å². The van der Waals surface area contributed by atoms with E-state index in [-0.39, 0.29) is 18.5 Å². The summed E-state index contributed by atoms with van der Waals surface area (Å²) in [5.74, 6) is -2.19. The van der Waals surface area contributed by atoms with Crippen molar-refractivity contribution < 1.29 is 18.4 Å². The van der Waals surface area contributed by atoms with Gasteiger partial charge in [0, 0.05) is 30.2 Å². The average Bonchev–Trinajstić information content (AvgIpc) is 2.79. The highest BCUT2D eigenvalue weighted by Gasteiger charge is 2.28. The van der Waals surface area contributed by atoms with Crippen LogP contribution in [-0.2, 0) is 6.54 Å². The van der Waals surface area contributed by atoms with Crippen LogP contribution in [0.4, 0.5) is 25.0 Å². The Hall–Kier alpha value is -3.45. The minimum atomic E-state index is -0.945. The van der Waals surface area contributed by atoms with E-state index in [0.717, 1.165) is 12.1 Å². The highest BCUT2D eigenvalue weighted by atomic mass is 35.5. The SMILES string of the molecule is O=C(Nc1ccccc1N1CCCN(Cc2ccc(F)c(F)c2)C1=O)c1ccc(Cl)cc1. The molecule has 0 aliphatic carbocycles. The number of carbonyl (C=O) groups excluding carboxylic acids is 2. The van der Waals surface area contributed by atoms with Crippen molar-refractivity contribution in [3.05, 3.63) is 94.5 Å². The number of rotatable bonds is 5. The van der Waals surface area contributed by atoms with E-state index in [2.05, 4.69) is 5.32 Å². The maximum atomic E-state index is 13.6. The summed E-state index contributed by atoms with van der Waals surface area (Å²) in [5.41, 5.74) is 2.00. The molecule has 32 heavy (non-hydrogen) atoms. The van der Waals surface area contributed by atoms with Gasteiger partial charge in [-0.2, -0.15) is 0 Å². The quantitative estimate of drug-likeness (QED) is 0.536. The molecule has 0 unspecified atom stereocenters. The minimum Gasteiger partial charge on any atom is -0.320 e. The molecule has 0 atom stereocenters. The van der Waals surface area contributed by atoms with Gasteiger partial charge in [-0.25, -0.2) is 13.6 Å². The zero-order valence-corrected chi connectivity index (χ0v) is 17.8. The maximum absolute atomic E-state index is 13.6. The van der Waals surface area contributed by atoms with E-state index in [1.54, 1.807) is 58.3 Å². The lowest BCUT2D eigenvalue weighted by molar-refractivity contribution is 0.102. The van der Waals surface area contributed by atoms with Crippen LogP contribution in [-0.4, -0.2) is 29.9 Å².